The zero-order valence-corrected chi connectivity index (χ0v) is 10.4. The standard InChI is InChI=1S/C13H18N2S/c16-12-7-15(8-14-12)13-4-9-1-10(5-13)3-11(2-9)6-13/h8-11H,1-7H2. The van der Waals surface area contributed by atoms with Crippen molar-refractivity contribution in [2.45, 2.75) is 44.1 Å². The summed E-state index contributed by atoms with van der Waals surface area (Å²) >= 11 is 5.21. The second-order valence-electron chi connectivity index (χ2n) is 6.41. The average molecular weight is 234 g/mol. The lowest BCUT2D eigenvalue weighted by Crippen LogP contribution is -2.59. The van der Waals surface area contributed by atoms with Gasteiger partial charge >= 0.3 is 0 Å². The van der Waals surface area contributed by atoms with Gasteiger partial charge in [0.2, 0.25) is 0 Å². The van der Waals surface area contributed by atoms with E-state index >= 15 is 0 Å². The predicted octanol–water partition coefficient (Wildman–Crippen LogP) is 2.63. The molecule has 0 saturated heterocycles. The molecule has 0 spiro atoms. The zero-order valence-electron chi connectivity index (χ0n) is 9.56. The lowest BCUT2D eigenvalue weighted by molar-refractivity contribution is -0.0549. The van der Waals surface area contributed by atoms with E-state index in [0.717, 1.165) is 29.3 Å². The first-order chi connectivity index (χ1) is 7.73. The summed E-state index contributed by atoms with van der Waals surface area (Å²) in [4.78, 5) is 7.68. The molecule has 0 N–H and O–H groups in total. The molecule has 1 aliphatic heterocycles. The van der Waals surface area contributed by atoms with Crippen LogP contribution in [-0.2, 0) is 0 Å². The van der Waals surface area contributed by atoms with E-state index in [0.29, 0.717) is 5.54 Å². The van der Waals surface area contributed by atoms with Gasteiger partial charge in [-0.3, -0.25) is 0 Å². The van der Waals surface area contributed by atoms with Crippen LogP contribution in [-0.4, -0.2) is 28.3 Å². The molecule has 0 atom stereocenters. The van der Waals surface area contributed by atoms with Gasteiger partial charge in [-0.05, 0) is 56.3 Å². The van der Waals surface area contributed by atoms with Crippen molar-refractivity contribution in [3.63, 3.8) is 0 Å². The molecule has 0 aromatic rings. The minimum Gasteiger partial charge on any atom is -0.350 e. The first-order valence-electron chi connectivity index (χ1n) is 6.57. The summed E-state index contributed by atoms with van der Waals surface area (Å²) in [6.07, 6.45) is 10.8. The van der Waals surface area contributed by atoms with Gasteiger partial charge in [0.05, 0.1) is 12.9 Å². The Morgan fingerprint density at radius 1 is 1.12 bits per heavy atom. The molecule has 1 heterocycles. The molecular formula is C13H18N2S. The molecule has 0 aromatic carbocycles. The Hall–Kier alpha value is -0.440. The lowest BCUT2D eigenvalue weighted by atomic mass is 9.52. The van der Waals surface area contributed by atoms with Crippen molar-refractivity contribution in [2.75, 3.05) is 6.54 Å². The van der Waals surface area contributed by atoms with Crippen LogP contribution < -0.4 is 0 Å². The number of hydrogen-bond donors (Lipinski definition) is 0. The Bertz CT molecular complexity index is 339. The molecule has 4 saturated carbocycles. The zero-order chi connectivity index (χ0) is 10.8. The Morgan fingerprint density at radius 3 is 2.12 bits per heavy atom. The fourth-order valence-corrected chi connectivity index (χ4v) is 5.25. The molecule has 0 unspecified atom stereocenters. The van der Waals surface area contributed by atoms with E-state index in [-0.39, 0.29) is 0 Å². The van der Waals surface area contributed by atoms with E-state index in [2.05, 4.69) is 9.89 Å². The maximum Gasteiger partial charge on any atom is 0.124 e. The van der Waals surface area contributed by atoms with E-state index < -0.39 is 0 Å². The number of nitrogens with zero attached hydrogens (tertiary/aromatic N) is 2. The van der Waals surface area contributed by atoms with Gasteiger partial charge in [-0.25, -0.2) is 4.99 Å². The highest BCUT2D eigenvalue weighted by molar-refractivity contribution is 7.80. The van der Waals surface area contributed by atoms with Crippen molar-refractivity contribution < 1.29 is 0 Å². The van der Waals surface area contributed by atoms with E-state index in [9.17, 15) is 0 Å². The molecule has 5 aliphatic rings. The Morgan fingerprint density at radius 2 is 1.69 bits per heavy atom. The van der Waals surface area contributed by atoms with E-state index in [1.807, 2.05) is 6.34 Å². The van der Waals surface area contributed by atoms with Gasteiger partial charge in [-0.2, -0.15) is 0 Å². The van der Waals surface area contributed by atoms with Gasteiger partial charge in [0.25, 0.3) is 0 Å². The average Bonchev–Trinajstić information content (AvgIpc) is 2.63. The third-order valence-electron chi connectivity index (χ3n) is 5.26. The molecule has 4 bridgehead atoms. The minimum atomic E-state index is 0.457. The number of rotatable bonds is 1. The van der Waals surface area contributed by atoms with Crippen LogP contribution in [0.5, 0.6) is 0 Å². The van der Waals surface area contributed by atoms with Crippen LogP contribution in [0.3, 0.4) is 0 Å². The highest BCUT2D eigenvalue weighted by atomic mass is 32.1. The van der Waals surface area contributed by atoms with Crippen molar-refractivity contribution in [1.82, 2.24) is 4.90 Å². The third kappa shape index (κ3) is 1.24. The van der Waals surface area contributed by atoms with Crippen molar-refractivity contribution in [3.05, 3.63) is 0 Å². The van der Waals surface area contributed by atoms with Crippen LogP contribution in [0.2, 0.25) is 0 Å². The summed E-state index contributed by atoms with van der Waals surface area (Å²) in [7, 11) is 0. The van der Waals surface area contributed by atoms with Gasteiger partial charge in [0.1, 0.15) is 4.99 Å². The predicted molar refractivity (Wildman–Crippen MR) is 68.7 cm³/mol. The molecule has 86 valence electrons. The third-order valence-corrected chi connectivity index (χ3v) is 5.50. The monoisotopic (exact) mass is 234 g/mol. The molecule has 16 heavy (non-hydrogen) atoms. The fourth-order valence-electron chi connectivity index (χ4n) is 5.07. The Kier molecular flexibility index (Phi) is 1.83. The molecule has 4 aliphatic carbocycles. The minimum absolute atomic E-state index is 0.457. The second-order valence-corrected chi connectivity index (χ2v) is 6.88. The van der Waals surface area contributed by atoms with Crippen LogP contribution >= 0.6 is 12.2 Å². The maximum atomic E-state index is 5.21. The largest absolute Gasteiger partial charge is 0.350 e. The highest BCUT2D eigenvalue weighted by Gasteiger charge is 2.53. The first-order valence-corrected chi connectivity index (χ1v) is 6.98. The van der Waals surface area contributed by atoms with Crippen LogP contribution in [0.15, 0.2) is 4.99 Å². The van der Waals surface area contributed by atoms with Gasteiger partial charge in [-0.1, -0.05) is 12.2 Å². The summed E-state index contributed by atoms with van der Waals surface area (Å²) in [5.41, 5.74) is 0.457. The van der Waals surface area contributed by atoms with Crippen molar-refractivity contribution >= 4 is 23.5 Å². The van der Waals surface area contributed by atoms with Crippen LogP contribution in [0, 0.1) is 17.8 Å². The smallest absolute Gasteiger partial charge is 0.124 e. The van der Waals surface area contributed by atoms with Gasteiger partial charge < -0.3 is 4.90 Å². The Labute approximate surface area is 102 Å². The molecule has 0 amide bonds. The summed E-state index contributed by atoms with van der Waals surface area (Å²) in [6, 6.07) is 0. The summed E-state index contributed by atoms with van der Waals surface area (Å²) < 4.78 is 0. The van der Waals surface area contributed by atoms with Gasteiger partial charge in [0.15, 0.2) is 0 Å². The number of aliphatic imine (C=N–C) groups is 1. The maximum absolute atomic E-state index is 5.21. The molecule has 3 heteroatoms. The van der Waals surface area contributed by atoms with Crippen LogP contribution in [0.4, 0.5) is 0 Å². The molecule has 0 radical (unpaired) electrons. The Balaban J connectivity index is 1.66. The van der Waals surface area contributed by atoms with Crippen LogP contribution in [0.1, 0.15) is 38.5 Å². The molecule has 4 fully saturated rings. The quantitative estimate of drug-likeness (QED) is 0.648. The summed E-state index contributed by atoms with van der Waals surface area (Å²) in [5.74, 6) is 3.02. The van der Waals surface area contributed by atoms with Crippen molar-refractivity contribution in [1.29, 1.82) is 0 Å². The topological polar surface area (TPSA) is 15.6 Å². The van der Waals surface area contributed by atoms with E-state index in [1.165, 1.54) is 38.5 Å². The van der Waals surface area contributed by atoms with E-state index in [1.54, 1.807) is 0 Å². The number of thiocarbonyl (C=S) groups is 1. The first kappa shape index (κ1) is 9.58. The molecule has 0 aromatic heterocycles. The van der Waals surface area contributed by atoms with Crippen molar-refractivity contribution in [3.8, 4) is 0 Å². The lowest BCUT2D eigenvalue weighted by Gasteiger charge is -2.59. The second kappa shape index (κ2) is 3.06. The molecule has 5 rings (SSSR count). The van der Waals surface area contributed by atoms with Gasteiger partial charge in [-0.15, -0.1) is 0 Å². The SMILES string of the molecule is S=C1CN(C23CC4CC(CC(C4)C2)C3)C=N1. The van der Waals surface area contributed by atoms with Crippen LogP contribution in [0.25, 0.3) is 0 Å². The summed E-state index contributed by atoms with van der Waals surface area (Å²) in [6.45, 7) is 0.918. The van der Waals surface area contributed by atoms with Crippen molar-refractivity contribution in [2.24, 2.45) is 22.7 Å². The van der Waals surface area contributed by atoms with Gasteiger partial charge in [0, 0.05) is 5.54 Å². The fraction of sp³-hybridized carbons (Fsp3) is 0.846. The molecular weight excluding hydrogens is 216 g/mol. The normalized spacial score (nSPS) is 49.4. The molecule has 2 nitrogen and oxygen atoms in total. The highest BCUT2D eigenvalue weighted by Crippen LogP contribution is 2.57. The summed E-state index contributed by atoms with van der Waals surface area (Å²) in [5, 5.41) is 0. The van der Waals surface area contributed by atoms with E-state index in [4.69, 9.17) is 12.2 Å². The number of hydrogen-bond acceptors (Lipinski definition) is 2.